The quantitative estimate of drug-likeness (QED) is 0.332. The molecule has 4 aliphatic heterocycles. The number of nitrogens with one attached hydrogen (secondary N) is 1. The van der Waals surface area contributed by atoms with Crippen LogP contribution in [0.15, 0.2) is 36.4 Å². The molecule has 2 amide bonds. The normalized spacial score (nSPS) is 28.9. The molecule has 5 aliphatic rings. The Hall–Kier alpha value is -2.86. The van der Waals surface area contributed by atoms with Crippen molar-refractivity contribution in [2.75, 3.05) is 70.9 Å². The monoisotopic (exact) mass is 825 g/mol. The Kier molecular flexibility index (Phi) is 14.9. The highest BCUT2D eigenvalue weighted by atomic mass is 35.5. The highest BCUT2D eigenvalue weighted by molar-refractivity contribution is 7.84. The van der Waals surface area contributed by atoms with Crippen molar-refractivity contribution < 1.29 is 23.3 Å². The van der Waals surface area contributed by atoms with Gasteiger partial charge in [-0.05, 0) is 120 Å². The molecule has 2 saturated heterocycles. The van der Waals surface area contributed by atoms with Crippen LogP contribution in [0.25, 0.3) is 0 Å². The fourth-order valence-electron chi connectivity index (χ4n) is 9.16. The molecule has 316 valence electrons. The number of hydrogen-bond acceptors (Lipinski definition) is 8. The van der Waals surface area contributed by atoms with Gasteiger partial charge in [-0.1, -0.05) is 57.2 Å². The van der Waals surface area contributed by atoms with E-state index < -0.39 is 16.6 Å². The van der Waals surface area contributed by atoms with Crippen molar-refractivity contribution in [3.8, 4) is 5.75 Å². The van der Waals surface area contributed by atoms with Crippen LogP contribution < -0.4 is 14.4 Å². The van der Waals surface area contributed by atoms with Crippen LogP contribution in [0.3, 0.4) is 0 Å². The molecular weight excluding hydrogens is 758 g/mol. The van der Waals surface area contributed by atoms with Crippen LogP contribution in [0, 0.1) is 17.8 Å². The van der Waals surface area contributed by atoms with E-state index in [9.17, 15) is 13.8 Å². The maximum atomic E-state index is 13.2. The Labute approximate surface area is 349 Å². The van der Waals surface area contributed by atoms with Crippen molar-refractivity contribution in [1.82, 2.24) is 19.4 Å². The smallest absolute Gasteiger partial charge is 0.410 e. The summed E-state index contributed by atoms with van der Waals surface area (Å²) >= 11 is 6.39. The molecule has 7 unspecified atom stereocenters. The third kappa shape index (κ3) is 11.5. The van der Waals surface area contributed by atoms with Gasteiger partial charge in [0.25, 0.3) is 5.91 Å². The minimum atomic E-state index is -1.43. The Morgan fingerprint density at radius 3 is 2.44 bits per heavy atom. The Balaban J connectivity index is 0.000000255. The van der Waals surface area contributed by atoms with Crippen molar-refractivity contribution in [3.05, 3.63) is 58.1 Å². The number of carbonyl (C=O) groups is 2. The van der Waals surface area contributed by atoms with Gasteiger partial charge in [-0.3, -0.25) is 14.4 Å². The number of aryl methyl sites for hydroxylation is 1. The van der Waals surface area contributed by atoms with Crippen LogP contribution in [0.5, 0.6) is 5.75 Å². The van der Waals surface area contributed by atoms with Crippen LogP contribution in [-0.4, -0.2) is 114 Å². The summed E-state index contributed by atoms with van der Waals surface area (Å²) in [5.41, 5.74) is 3.71. The first-order chi connectivity index (χ1) is 27.2. The summed E-state index contributed by atoms with van der Waals surface area (Å²) in [4.78, 5) is 34.4. The van der Waals surface area contributed by atoms with E-state index >= 15 is 0 Å². The highest BCUT2D eigenvalue weighted by Crippen LogP contribution is 2.43. The van der Waals surface area contributed by atoms with Gasteiger partial charge in [0.1, 0.15) is 22.3 Å². The van der Waals surface area contributed by atoms with E-state index in [0.29, 0.717) is 30.0 Å². The maximum absolute atomic E-state index is 13.2. The van der Waals surface area contributed by atoms with Gasteiger partial charge < -0.3 is 24.2 Å². The van der Waals surface area contributed by atoms with Gasteiger partial charge in [0.05, 0.1) is 17.5 Å². The van der Waals surface area contributed by atoms with Crippen LogP contribution >= 0.6 is 11.6 Å². The number of likely N-dealkylation sites (N-methyl/N-ethyl adjacent to an activating group) is 1. The molecule has 1 aliphatic carbocycles. The lowest BCUT2D eigenvalue weighted by atomic mass is 9.70. The lowest BCUT2D eigenvalue weighted by Gasteiger charge is -2.46. The van der Waals surface area contributed by atoms with E-state index in [0.717, 1.165) is 100 Å². The SMILES string of the molecule is CCCc1cc(Cl)ccc1C1COc2ccc3cc2N(C1)CC1CCC1CCCCC(C)C(C)S(=O)NC3=O.CN1CCN2CCN(C(=O)OC(C)(C)C)CC2C1. The van der Waals surface area contributed by atoms with E-state index in [1.807, 2.05) is 50.8 Å². The van der Waals surface area contributed by atoms with Crippen LogP contribution in [-0.2, 0) is 22.1 Å². The number of hydrogen-bond donors (Lipinski definition) is 1. The number of fused-ring (bicyclic) bond motifs is 3. The molecule has 0 spiro atoms. The number of piperazine rings is 2. The third-order valence-electron chi connectivity index (χ3n) is 12.9. The predicted molar refractivity (Wildman–Crippen MR) is 232 cm³/mol. The Bertz CT molecular complexity index is 1720. The number of amides is 2. The number of rotatable bonds is 3. The van der Waals surface area contributed by atoms with Crippen LogP contribution in [0.2, 0.25) is 5.02 Å². The Morgan fingerprint density at radius 1 is 0.947 bits per heavy atom. The molecule has 4 heterocycles. The molecule has 3 fully saturated rings. The molecule has 7 rings (SSSR count). The summed E-state index contributed by atoms with van der Waals surface area (Å²) in [6.07, 6.45) is 9.13. The van der Waals surface area contributed by atoms with E-state index in [-0.39, 0.29) is 23.2 Å². The zero-order valence-electron chi connectivity index (χ0n) is 35.6. The van der Waals surface area contributed by atoms with Gasteiger partial charge in [-0.15, -0.1) is 0 Å². The topological polar surface area (TPSA) is 94.7 Å². The van der Waals surface area contributed by atoms with E-state index in [1.54, 1.807) is 6.07 Å². The molecule has 0 radical (unpaired) electrons. The van der Waals surface area contributed by atoms with Crippen molar-refractivity contribution >= 4 is 40.3 Å². The molecule has 12 heteroatoms. The summed E-state index contributed by atoms with van der Waals surface area (Å²) in [5.74, 6) is 2.45. The van der Waals surface area contributed by atoms with Crippen molar-refractivity contribution in [3.63, 3.8) is 0 Å². The molecule has 0 aromatic heterocycles. The second-order valence-corrected chi connectivity index (χ2v) is 20.3. The molecule has 7 atom stereocenters. The van der Waals surface area contributed by atoms with Gasteiger partial charge in [0.15, 0.2) is 0 Å². The van der Waals surface area contributed by atoms with Crippen molar-refractivity contribution in [2.45, 2.75) is 116 Å². The maximum Gasteiger partial charge on any atom is 0.410 e. The third-order valence-corrected chi connectivity index (χ3v) is 14.7. The first kappa shape index (κ1) is 43.7. The second-order valence-electron chi connectivity index (χ2n) is 18.4. The fraction of sp³-hybridized carbons (Fsp3) is 0.689. The van der Waals surface area contributed by atoms with Gasteiger partial charge in [-0.25, -0.2) is 9.00 Å². The molecular formula is C45H68ClN5O5S. The number of ether oxygens (including phenoxy) is 2. The number of benzene rings is 2. The number of halogens is 1. The second kappa shape index (κ2) is 19.5. The van der Waals surface area contributed by atoms with Crippen molar-refractivity contribution in [1.29, 1.82) is 0 Å². The minimum Gasteiger partial charge on any atom is -0.491 e. The zero-order valence-corrected chi connectivity index (χ0v) is 37.1. The summed E-state index contributed by atoms with van der Waals surface area (Å²) < 4.78 is 27.7. The molecule has 10 nitrogen and oxygen atoms in total. The zero-order chi connectivity index (χ0) is 40.9. The van der Waals surface area contributed by atoms with E-state index in [1.165, 1.54) is 36.8 Å². The average molecular weight is 827 g/mol. The van der Waals surface area contributed by atoms with Crippen LogP contribution in [0.4, 0.5) is 10.5 Å². The largest absolute Gasteiger partial charge is 0.491 e. The average Bonchev–Trinajstić information content (AvgIpc) is 3.34. The number of anilines is 1. The van der Waals surface area contributed by atoms with E-state index in [2.05, 4.69) is 52.4 Å². The van der Waals surface area contributed by atoms with Crippen LogP contribution in [0.1, 0.15) is 114 Å². The molecule has 2 bridgehead atoms. The van der Waals surface area contributed by atoms with Gasteiger partial charge in [0, 0.05) is 74.9 Å². The molecule has 2 aromatic carbocycles. The number of carbonyl (C=O) groups excluding carboxylic acids is 2. The molecule has 57 heavy (non-hydrogen) atoms. The number of nitrogens with zero attached hydrogens (tertiary/aromatic N) is 4. The van der Waals surface area contributed by atoms with E-state index in [4.69, 9.17) is 21.1 Å². The first-order valence-electron chi connectivity index (χ1n) is 21.6. The minimum absolute atomic E-state index is 0.0867. The molecule has 1 N–H and O–H groups in total. The lowest BCUT2D eigenvalue weighted by Crippen LogP contribution is -2.62. The molecule has 2 aromatic rings. The summed E-state index contributed by atoms with van der Waals surface area (Å²) in [7, 11) is 0.716. The van der Waals surface area contributed by atoms with Gasteiger partial charge in [-0.2, -0.15) is 0 Å². The Morgan fingerprint density at radius 2 is 1.70 bits per heavy atom. The highest BCUT2D eigenvalue weighted by Gasteiger charge is 2.36. The summed E-state index contributed by atoms with van der Waals surface area (Å²) in [6.45, 7) is 20.3. The van der Waals surface area contributed by atoms with Crippen molar-refractivity contribution in [2.24, 2.45) is 17.8 Å². The molecule has 1 saturated carbocycles. The van der Waals surface area contributed by atoms with Gasteiger partial charge in [0.2, 0.25) is 0 Å². The summed E-state index contributed by atoms with van der Waals surface area (Å²) in [5, 5.41) is 0.690. The first-order valence-corrected chi connectivity index (χ1v) is 23.2. The lowest BCUT2D eigenvalue weighted by molar-refractivity contribution is -0.0114. The standard InChI is InChI=1S/C32H43ClN2O3S.C13H25N3O2/c1-4-7-24-16-28(33)13-14-29(24)27-19-35-18-26-11-10-23(26)9-6-5-8-21(2)22(3)39(37)34-32(36)25-12-15-31(38-20-27)30(35)17-25;1-13(2,3)18-12(17)16-8-7-15-6-5-14(4)9-11(15)10-16/h12-17,21-23,26-27H,4-11,18-20H2,1-3H3,(H,34,36);11H,5-10H2,1-4H3. The van der Waals surface area contributed by atoms with Gasteiger partial charge >= 0.3 is 6.09 Å². The summed E-state index contributed by atoms with van der Waals surface area (Å²) in [6, 6.07) is 12.4. The predicted octanol–water partition coefficient (Wildman–Crippen LogP) is 8.15. The fourth-order valence-corrected chi connectivity index (χ4v) is 10.4.